The Kier molecular flexibility index (Phi) is 7.35. The van der Waals surface area contributed by atoms with Crippen molar-refractivity contribution in [3.05, 3.63) is 61.1 Å². The maximum Gasteiger partial charge on any atom is 0.281 e. The van der Waals surface area contributed by atoms with E-state index >= 15 is 0 Å². The van der Waals surface area contributed by atoms with Gasteiger partial charge in [0, 0.05) is 18.5 Å². The maximum atomic E-state index is 12.6. The smallest absolute Gasteiger partial charge is 0.281 e. The second-order valence-electron chi connectivity index (χ2n) is 7.16. The molecule has 0 spiro atoms. The summed E-state index contributed by atoms with van der Waals surface area (Å²) in [5.74, 6) is -0.497. The quantitative estimate of drug-likeness (QED) is 0.358. The van der Waals surface area contributed by atoms with Crippen LogP contribution in [-0.4, -0.2) is 53.8 Å². The van der Waals surface area contributed by atoms with Crippen molar-refractivity contribution in [2.75, 3.05) is 26.3 Å². The van der Waals surface area contributed by atoms with Gasteiger partial charge in [0.2, 0.25) is 0 Å². The van der Waals surface area contributed by atoms with Gasteiger partial charge in [-0.15, -0.1) is 22.7 Å². The van der Waals surface area contributed by atoms with E-state index < -0.39 is 5.91 Å². The van der Waals surface area contributed by atoms with Crippen molar-refractivity contribution in [3.63, 3.8) is 0 Å². The molecule has 172 valence electrons. The molecule has 11 heteroatoms. The van der Waals surface area contributed by atoms with Crippen LogP contribution in [0.4, 0.5) is 0 Å². The lowest BCUT2D eigenvalue weighted by molar-refractivity contribution is 0.0306. The summed E-state index contributed by atoms with van der Waals surface area (Å²) in [4.78, 5) is 28.3. The summed E-state index contributed by atoms with van der Waals surface area (Å²) in [6.45, 7) is 3.79. The molecule has 3 aromatic rings. The number of nitrogens with zero attached hydrogens (tertiary/aromatic N) is 2. The fourth-order valence-electron chi connectivity index (χ4n) is 3.20. The van der Waals surface area contributed by atoms with Crippen LogP contribution in [0.5, 0.6) is 5.75 Å². The molecule has 2 aromatic heterocycles. The SMILES string of the molecule is C/C(=N\NC(=O)c1ccc(C(=O)N2CCOCC2)s1)c1csc(-c2ccc(Cl)c(Cl)c2)c1O. The van der Waals surface area contributed by atoms with Crippen LogP contribution >= 0.6 is 45.9 Å². The van der Waals surface area contributed by atoms with E-state index in [2.05, 4.69) is 10.5 Å². The van der Waals surface area contributed by atoms with Crippen LogP contribution in [0.3, 0.4) is 0 Å². The highest BCUT2D eigenvalue weighted by Crippen LogP contribution is 2.40. The number of carbonyl (C=O) groups is 2. The molecule has 1 aromatic carbocycles. The fraction of sp³-hybridized carbons (Fsp3) is 0.227. The highest BCUT2D eigenvalue weighted by Gasteiger charge is 2.21. The van der Waals surface area contributed by atoms with E-state index in [1.165, 1.54) is 11.3 Å². The van der Waals surface area contributed by atoms with Crippen LogP contribution in [0.15, 0.2) is 40.8 Å². The van der Waals surface area contributed by atoms with Gasteiger partial charge in [-0.2, -0.15) is 5.10 Å². The molecule has 0 radical (unpaired) electrons. The van der Waals surface area contributed by atoms with Crippen LogP contribution in [0.1, 0.15) is 31.8 Å². The minimum Gasteiger partial charge on any atom is -0.506 e. The topological polar surface area (TPSA) is 91.2 Å². The molecule has 1 aliphatic rings. The van der Waals surface area contributed by atoms with Gasteiger partial charge in [0.25, 0.3) is 11.8 Å². The number of benzene rings is 1. The van der Waals surface area contributed by atoms with E-state index in [9.17, 15) is 14.7 Å². The number of morpholine rings is 1. The summed E-state index contributed by atoms with van der Waals surface area (Å²) in [7, 11) is 0. The van der Waals surface area contributed by atoms with Gasteiger partial charge in [-0.3, -0.25) is 9.59 Å². The number of amides is 2. The summed E-state index contributed by atoms with van der Waals surface area (Å²) in [5.41, 5.74) is 4.15. The average molecular weight is 524 g/mol. The Morgan fingerprint density at radius 2 is 1.85 bits per heavy atom. The van der Waals surface area contributed by atoms with Gasteiger partial charge < -0.3 is 14.7 Å². The molecule has 1 fully saturated rings. The summed E-state index contributed by atoms with van der Waals surface area (Å²) in [5, 5.41) is 17.4. The Hall–Kier alpha value is -2.43. The maximum absolute atomic E-state index is 12.6. The lowest BCUT2D eigenvalue weighted by Gasteiger charge is -2.26. The number of nitrogens with one attached hydrogen (secondary N) is 1. The van der Waals surface area contributed by atoms with E-state index in [-0.39, 0.29) is 11.7 Å². The standard InChI is InChI=1S/C22H19Cl2N3O4S2/c1-12(14-11-32-20(19(14)28)13-2-3-15(23)16(24)10-13)25-26-21(29)17-4-5-18(33-17)22(30)27-6-8-31-9-7-27/h2-5,10-11,28H,6-9H2,1H3,(H,26,29)/b25-12+. The van der Waals surface area contributed by atoms with E-state index in [1.54, 1.807) is 47.5 Å². The first-order valence-electron chi connectivity index (χ1n) is 9.93. The third kappa shape index (κ3) is 5.23. The van der Waals surface area contributed by atoms with Crippen LogP contribution in [0.2, 0.25) is 10.0 Å². The van der Waals surface area contributed by atoms with Crippen molar-refractivity contribution in [2.24, 2.45) is 5.10 Å². The number of ether oxygens (including phenoxy) is 1. The normalized spacial score (nSPS) is 14.4. The van der Waals surface area contributed by atoms with Gasteiger partial charge in [0.15, 0.2) is 0 Å². The Morgan fingerprint density at radius 3 is 2.58 bits per heavy atom. The number of hydrogen-bond donors (Lipinski definition) is 2. The molecule has 2 amide bonds. The first-order valence-corrected chi connectivity index (χ1v) is 12.4. The molecule has 0 saturated carbocycles. The lowest BCUT2D eigenvalue weighted by Crippen LogP contribution is -2.40. The third-order valence-electron chi connectivity index (χ3n) is 5.00. The first-order chi connectivity index (χ1) is 15.8. The molecule has 3 heterocycles. The Balaban J connectivity index is 1.44. The van der Waals surface area contributed by atoms with Gasteiger partial charge in [0.05, 0.1) is 49.2 Å². The minimum atomic E-state index is -0.431. The predicted octanol–water partition coefficient (Wildman–Crippen LogP) is 5.12. The molecule has 0 bridgehead atoms. The van der Waals surface area contributed by atoms with Crippen LogP contribution in [-0.2, 0) is 4.74 Å². The average Bonchev–Trinajstić information content (AvgIpc) is 3.46. The van der Waals surface area contributed by atoms with Crippen molar-refractivity contribution < 1.29 is 19.4 Å². The van der Waals surface area contributed by atoms with Crippen molar-refractivity contribution in [3.8, 4) is 16.2 Å². The molecule has 1 saturated heterocycles. The third-order valence-corrected chi connectivity index (χ3v) is 7.83. The monoisotopic (exact) mass is 523 g/mol. The van der Waals surface area contributed by atoms with Crippen LogP contribution < -0.4 is 5.43 Å². The summed E-state index contributed by atoms with van der Waals surface area (Å²) >= 11 is 14.5. The van der Waals surface area contributed by atoms with Gasteiger partial charge >= 0.3 is 0 Å². The van der Waals surface area contributed by atoms with Crippen molar-refractivity contribution in [1.29, 1.82) is 0 Å². The summed E-state index contributed by atoms with van der Waals surface area (Å²) in [6.07, 6.45) is 0. The number of hydrogen-bond acceptors (Lipinski definition) is 7. The Labute approximate surface area is 208 Å². The highest BCUT2D eigenvalue weighted by molar-refractivity contribution is 7.16. The second-order valence-corrected chi connectivity index (χ2v) is 9.94. The molecular weight excluding hydrogens is 505 g/mol. The highest BCUT2D eigenvalue weighted by atomic mass is 35.5. The summed E-state index contributed by atoms with van der Waals surface area (Å²) < 4.78 is 5.27. The minimum absolute atomic E-state index is 0.0448. The molecule has 4 rings (SSSR count). The number of aromatic hydroxyl groups is 1. The Morgan fingerprint density at radius 1 is 1.12 bits per heavy atom. The van der Waals surface area contributed by atoms with E-state index in [0.29, 0.717) is 62.3 Å². The zero-order chi connectivity index (χ0) is 23.5. The molecule has 0 unspecified atom stereocenters. The number of thiophene rings is 2. The van der Waals surface area contributed by atoms with Gasteiger partial charge in [-0.25, -0.2) is 5.43 Å². The van der Waals surface area contributed by atoms with Gasteiger partial charge in [-0.1, -0.05) is 29.3 Å². The largest absolute Gasteiger partial charge is 0.506 e. The molecule has 2 N–H and O–H groups in total. The summed E-state index contributed by atoms with van der Waals surface area (Å²) in [6, 6.07) is 8.36. The van der Waals surface area contributed by atoms with Crippen molar-refractivity contribution in [1.82, 2.24) is 10.3 Å². The molecule has 33 heavy (non-hydrogen) atoms. The van der Waals surface area contributed by atoms with E-state index in [0.717, 1.165) is 16.9 Å². The van der Waals surface area contributed by atoms with E-state index in [4.69, 9.17) is 27.9 Å². The molecule has 1 aliphatic heterocycles. The van der Waals surface area contributed by atoms with Crippen LogP contribution in [0, 0.1) is 0 Å². The number of halogens is 2. The van der Waals surface area contributed by atoms with Gasteiger partial charge in [-0.05, 0) is 36.8 Å². The zero-order valence-electron chi connectivity index (χ0n) is 17.4. The van der Waals surface area contributed by atoms with Gasteiger partial charge in [0.1, 0.15) is 5.75 Å². The number of carbonyl (C=O) groups excluding carboxylic acids is 2. The molecular formula is C22H19Cl2N3O4S2. The second kappa shape index (κ2) is 10.2. The molecule has 7 nitrogen and oxygen atoms in total. The number of rotatable bonds is 5. The van der Waals surface area contributed by atoms with Crippen molar-refractivity contribution >= 4 is 63.4 Å². The molecule has 0 atom stereocenters. The zero-order valence-corrected chi connectivity index (χ0v) is 20.6. The van der Waals surface area contributed by atoms with E-state index in [1.807, 2.05) is 0 Å². The number of hydrazone groups is 1. The Bertz CT molecular complexity index is 1230. The first kappa shape index (κ1) is 23.7. The molecule has 0 aliphatic carbocycles. The predicted molar refractivity (Wildman–Crippen MR) is 132 cm³/mol. The van der Waals surface area contributed by atoms with Crippen molar-refractivity contribution in [2.45, 2.75) is 6.92 Å². The fourth-order valence-corrected chi connectivity index (χ4v) is 5.36. The van der Waals surface area contributed by atoms with Crippen LogP contribution in [0.25, 0.3) is 10.4 Å². The lowest BCUT2D eigenvalue weighted by atomic mass is 10.1.